The third-order valence-electron chi connectivity index (χ3n) is 9.39. The molecular weight excluding hydrogens is 997 g/mol. The van der Waals surface area contributed by atoms with Crippen LogP contribution in [0.3, 0.4) is 0 Å². The molecule has 0 aromatic carbocycles. The summed E-state index contributed by atoms with van der Waals surface area (Å²) in [5.74, 6) is 2.53. The van der Waals surface area contributed by atoms with Crippen LogP contribution in [0, 0.1) is 0 Å². The summed E-state index contributed by atoms with van der Waals surface area (Å²) >= 11 is 32.8. The summed E-state index contributed by atoms with van der Waals surface area (Å²) in [6.07, 6.45) is 5.53. The van der Waals surface area contributed by atoms with Crippen molar-refractivity contribution in [2.75, 3.05) is 76.7 Å². The van der Waals surface area contributed by atoms with Gasteiger partial charge in [0.15, 0.2) is 0 Å². The summed E-state index contributed by atoms with van der Waals surface area (Å²) in [5, 5.41) is 0.183. The molecule has 0 radical (unpaired) electrons. The second-order valence-electron chi connectivity index (χ2n) is 12.8. The molecule has 56 heavy (non-hydrogen) atoms. The molecule has 1 aliphatic rings. The minimum Gasteiger partial charge on any atom is -0.374 e. The summed E-state index contributed by atoms with van der Waals surface area (Å²) in [7, 11) is -9.22. The van der Waals surface area contributed by atoms with Crippen molar-refractivity contribution in [3.63, 3.8) is 0 Å². The lowest BCUT2D eigenvalue weighted by atomic mass is 10.3. The summed E-state index contributed by atoms with van der Waals surface area (Å²) in [5.41, 5.74) is 0. The molecule has 342 valence electrons. The molecule has 0 amide bonds. The van der Waals surface area contributed by atoms with Crippen molar-refractivity contribution >= 4 is 150 Å². The van der Waals surface area contributed by atoms with Crippen molar-refractivity contribution in [2.45, 2.75) is 128 Å². The van der Waals surface area contributed by atoms with E-state index in [2.05, 4.69) is 0 Å². The Morgan fingerprint density at radius 1 is 0.482 bits per heavy atom. The van der Waals surface area contributed by atoms with E-state index in [4.69, 9.17) is 110 Å². The largest absolute Gasteiger partial charge is 0.500 e. The van der Waals surface area contributed by atoms with Crippen molar-refractivity contribution in [3.05, 3.63) is 0 Å². The zero-order valence-electron chi connectivity index (χ0n) is 35.2. The Bertz CT molecular complexity index is 964. The molecule has 0 N–H and O–H groups in total. The molecule has 1 aliphatic carbocycles. The van der Waals surface area contributed by atoms with Gasteiger partial charge in [0.25, 0.3) is 0 Å². The van der Waals surface area contributed by atoms with Crippen LogP contribution in [0.4, 0.5) is 0 Å². The Labute approximate surface area is 390 Å². The number of hydrogen-bond acceptors (Lipinski definition) is 18. The van der Waals surface area contributed by atoms with Crippen LogP contribution in [0.25, 0.3) is 0 Å². The van der Waals surface area contributed by atoms with E-state index < -0.39 is 50.7 Å². The predicted octanol–water partition coefficient (Wildman–Crippen LogP) is 13.0. The van der Waals surface area contributed by atoms with E-state index >= 15 is 0 Å². The summed E-state index contributed by atoms with van der Waals surface area (Å²) in [4.78, 5) is 0. The smallest absolute Gasteiger partial charge is 0.374 e. The second-order valence-corrected chi connectivity index (χ2v) is 47.3. The van der Waals surface area contributed by atoms with Gasteiger partial charge in [0, 0.05) is 82.8 Å². The molecule has 0 saturated heterocycles. The minimum absolute atomic E-state index is 0.183. The number of rotatable bonds is 36. The standard InChI is InChI=1S/C32H76O9S12Si3/c1-10-33-54(34-11-2,35-12-3)28-20-25-51(45,48-42)31-23-19-24-32(31,52(46,49-43)26-21-29-55(36-13-4,37-14-5)38-15-6)53(47,50-44)27-22-30-56(39-16-7,40-17-8)41-18-9/h31,42-47H,10-30H2,1-9H3. The van der Waals surface area contributed by atoms with E-state index in [1.807, 2.05) is 62.3 Å². The molecule has 24 heteroatoms. The molecule has 1 rings (SSSR count). The Kier molecular flexibility index (Phi) is 31.2. The van der Waals surface area contributed by atoms with E-state index in [9.17, 15) is 0 Å². The molecule has 1 fully saturated rings. The molecular formula is C32H76O9S12Si3. The molecule has 0 aliphatic heterocycles. The van der Waals surface area contributed by atoms with Crippen LogP contribution >= 0.6 is 124 Å². The van der Waals surface area contributed by atoms with Gasteiger partial charge in [-0.2, -0.15) is 0 Å². The first-order valence-electron chi connectivity index (χ1n) is 20.0. The van der Waals surface area contributed by atoms with Gasteiger partial charge >= 0.3 is 26.4 Å². The zero-order chi connectivity index (χ0) is 42.4. The van der Waals surface area contributed by atoms with Crippen LogP contribution in [-0.2, 0) is 39.8 Å². The van der Waals surface area contributed by atoms with Gasteiger partial charge in [0.2, 0.25) is 0 Å². The first-order valence-corrected chi connectivity index (χ1v) is 41.6. The average Bonchev–Trinajstić information content (AvgIpc) is 3.64. The maximum Gasteiger partial charge on any atom is 0.500 e. The highest BCUT2D eigenvalue weighted by atomic mass is 33.7. The second kappa shape index (κ2) is 29.9. The minimum atomic E-state index is -2.89. The van der Waals surface area contributed by atoms with Crippen molar-refractivity contribution < 1.29 is 39.8 Å². The summed E-state index contributed by atoms with van der Waals surface area (Å²) < 4.78 is 56.3. The molecule has 0 aromatic heterocycles. The molecule has 9 nitrogen and oxygen atoms in total. The van der Waals surface area contributed by atoms with Crippen LogP contribution in [0.15, 0.2) is 0 Å². The quantitative estimate of drug-likeness (QED) is 0.0205. The summed E-state index contributed by atoms with van der Waals surface area (Å²) in [6, 6.07) is 2.14. The fourth-order valence-corrected chi connectivity index (χ4v) is 49.4. The SMILES string of the molecule is CCO[Si](CCCS(S)(SS)C1CCCC1(S(S)(CCC[Si](OCC)(OCC)OCC)SS)S(S)(CCC[Si](OCC)(OCC)OCC)SS)(OCC)OCC. The maximum absolute atomic E-state index is 6.30. The van der Waals surface area contributed by atoms with Crippen LogP contribution in [0.2, 0.25) is 18.1 Å². The highest BCUT2D eigenvalue weighted by Crippen LogP contribution is 2.96. The van der Waals surface area contributed by atoms with Gasteiger partial charge in [-0.05, 0) is 148 Å². The normalized spacial score (nSPS) is 23.3. The lowest BCUT2D eigenvalue weighted by Crippen LogP contribution is -2.48. The van der Waals surface area contributed by atoms with Crippen molar-refractivity contribution in [1.82, 2.24) is 0 Å². The molecule has 0 spiro atoms. The Morgan fingerprint density at radius 2 is 0.768 bits per heavy atom. The molecule has 0 heterocycles. The molecule has 0 bridgehead atoms. The molecule has 0 aromatic rings. The molecule has 4 unspecified atom stereocenters. The van der Waals surface area contributed by atoms with E-state index in [0.29, 0.717) is 71.6 Å². The first kappa shape index (κ1) is 58.5. The Morgan fingerprint density at radius 3 is 1.02 bits per heavy atom. The lowest BCUT2D eigenvalue weighted by molar-refractivity contribution is 0.0704. The third kappa shape index (κ3) is 15.8. The Balaban J connectivity index is 3.85. The van der Waals surface area contributed by atoms with Gasteiger partial charge in [-0.25, -0.2) is 0 Å². The van der Waals surface area contributed by atoms with E-state index in [1.165, 1.54) is 0 Å². The van der Waals surface area contributed by atoms with Crippen molar-refractivity contribution in [2.24, 2.45) is 0 Å². The van der Waals surface area contributed by atoms with Crippen LogP contribution in [0.1, 0.15) is 101 Å². The monoisotopic (exact) mass is 1070 g/mol. The Hall–Kier alpha value is 4.49. The fourth-order valence-electron chi connectivity index (χ4n) is 7.56. The number of hydrogen-bond donors (Lipinski definition) is 6. The highest BCUT2D eigenvalue weighted by molar-refractivity contribution is 9.42. The van der Waals surface area contributed by atoms with E-state index in [-0.39, 0.29) is 9.33 Å². The average molecular weight is 1070 g/mol. The highest BCUT2D eigenvalue weighted by Gasteiger charge is 2.65. The topological polar surface area (TPSA) is 83.1 Å². The first-order chi connectivity index (χ1) is 26.7. The number of thiol groups is 6. The van der Waals surface area contributed by atoms with Crippen LogP contribution < -0.4 is 0 Å². The van der Waals surface area contributed by atoms with Crippen LogP contribution in [-0.4, -0.2) is 112 Å². The van der Waals surface area contributed by atoms with Gasteiger partial charge < -0.3 is 39.8 Å². The predicted molar refractivity (Wildman–Crippen MR) is 285 cm³/mol. The molecule has 1 saturated carbocycles. The fraction of sp³-hybridized carbons (Fsp3) is 1.00. The van der Waals surface area contributed by atoms with Gasteiger partial charge in [-0.15, -0.1) is 94.2 Å². The van der Waals surface area contributed by atoms with E-state index in [1.54, 1.807) is 29.5 Å². The van der Waals surface area contributed by atoms with Gasteiger partial charge in [-0.1, -0.05) is 0 Å². The van der Waals surface area contributed by atoms with Gasteiger partial charge in [0.05, 0.1) is 4.08 Å². The zero-order valence-corrected chi connectivity index (χ0v) is 48.5. The third-order valence-corrected chi connectivity index (χ3v) is 53.0. The van der Waals surface area contributed by atoms with Crippen molar-refractivity contribution in [1.29, 1.82) is 0 Å². The lowest BCUT2D eigenvalue weighted by Gasteiger charge is -2.64. The summed E-state index contributed by atoms with van der Waals surface area (Å²) in [6.45, 7) is 22.9. The van der Waals surface area contributed by atoms with Gasteiger partial charge in [0.1, 0.15) is 0 Å². The molecule has 4 atom stereocenters. The van der Waals surface area contributed by atoms with Crippen LogP contribution in [0.5, 0.6) is 0 Å². The van der Waals surface area contributed by atoms with E-state index in [0.717, 1.165) is 61.8 Å². The van der Waals surface area contributed by atoms with Crippen molar-refractivity contribution in [3.8, 4) is 0 Å². The van der Waals surface area contributed by atoms with Gasteiger partial charge in [-0.3, -0.25) is 0 Å². The maximum atomic E-state index is 6.30.